The van der Waals surface area contributed by atoms with Crippen LogP contribution in [0.1, 0.15) is 23.6 Å². The Morgan fingerprint density at radius 2 is 1.79 bits per heavy atom. The Labute approximate surface area is 176 Å². The summed E-state index contributed by atoms with van der Waals surface area (Å²) in [5.41, 5.74) is 1.25. The number of aliphatic hydroxyl groups is 1. The van der Waals surface area contributed by atoms with Crippen molar-refractivity contribution in [1.82, 2.24) is 4.90 Å². The van der Waals surface area contributed by atoms with E-state index < -0.39 is 17.7 Å². The number of ketones is 1. The van der Waals surface area contributed by atoms with Gasteiger partial charge in [0.25, 0.3) is 11.7 Å². The van der Waals surface area contributed by atoms with Crippen molar-refractivity contribution in [2.75, 3.05) is 20.3 Å². The number of ether oxygens (including phenoxy) is 1. The number of amides is 1. The van der Waals surface area contributed by atoms with Crippen molar-refractivity contribution < 1.29 is 19.4 Å². The number of carbonyl (C=O) groups is 2. The molecular formula is C21H19BrClNO4. The number of Topliss-reactive ketones (excluding diaryl/α,β-unsaturated/α-hetero) is 1. The lowest BCUT2D eigenvalue weighted by molar-refractivity contribution is -0.140. The first kappa shape index (κ1) is 20.6. The van der Waals surface area contributed by atoms with E-state index in [1.165, 1.54) is 4.90 Å². The lowest BCUT2D eigenvalue weighted by Gasteiger charge is -2.25. The number of rotatable bonds is 6. The molecular weight excluding hydrogens is 446 g/mol. The summed E-state index contributed by atoms with van der Waals surface area (Å²) in [5.74, 6) is -1.53. The molecule has 1 atom stereocenters. The summed E-state index contributed by atoms with van der Waals surface area (Å²) in [6, 6.07) is 13.2. The van der Waals surface area contributed by atoms with Gasteiger partial charge in [-0.2, -0.15) is 0 Å². The van der Waals surface area contributed by atoms with Gasteiger partial charge in [-0.3, -0.25) is 9.59 Å². The van der Waals surface area contributed by atoms with Crippen LogP contribution in [0.25, 0.3) is 5.76 Å². The normalized spacial score (nSPS) is 18.7. The van der Waals surface area contributed by atoms with Crippen LogP contribution in [0.15, 0.2) is 58.6 Å². The van der Waals surface area contributed by atoms with Crippen molar-refractivity contribution in [2.24, 2.45) is 0 Å². The van der Waals surface area contributed by atoms with E-state index in [9.17, 15) is 14.7 Å². The SMILES string of the molecule is COCCCN1C(=O)C(=O)/C(=C(/O)c2ccc(Cl)cc2)[C@H]1c1ccc(Br)cc1. The van der Waals surface area contributed by atoms with E-state index in [0.717, 1.165) is 10.0 Å². The van der Waals surface area contributed by atoms with E-state index in [0.29, 0.717) is 30.2 Å². The molecule has 1 aliphatic heterocycles. The molecule has 1 fully saturated rings. The number of halogens is 2. The number of carbonyl (C=O) groups excluding carboxylic acids is 2. The van der Waals surface area contributed by atoms with Crippen LogP contribution in [0, 0.1) is 0 Å². The van der Waals surface area contributed by atoms with Gasteiger partial charge in [-0.05, 0) is 48.4 Å². The highest BCUT2D eigenvalue weighted by molar-refractivity contribution is 9.10. The van der Waals surface area contributed by atoms with Gasteiger partial charge in [0.15, 0.2) is 0 Å². The quantitative estimate of drug-likeness (QED) is 0.294. The number of likely N-dealkylation sites (tertiary alicyclic amines) is 1. The third-order valence-corrected chi connectivity index (χ3v) is 5.37. The maximum absolute atomic E-state index is 12.8. The van der Waals surface area contributed by atoms with Crippen LogP contribution in [0.2, 0.25) is 5.02 Å². The van der Waals surface area contributed by atoms with Gasteiger partial charge in [0.1, 0.15) is 5.76 Å². The largest absolute Gasteiger partial charge is 0.507 e. The molecule has 3 rings (SSSR count). The summed E-state index contributed by atoms with van der Waals surface area (Å²) in [6.45, 7) is 0.809. The Bertz CT molecular complexity index is 909. The average Bonchev–Trinajstić information content (AvgIpc) is 2.94. The topological polar surface area (TPSA) is 66.8 Å². The maximum Gasteiger partial charge on any atom is 0.295 e. The minimum atomic E-state index is -0.696. The van der Waals surface area contributed by atoms with Crippen LogP contribution >= 0.6 is 27.5 Å². The molecule has 0 bridgehead atoms. The molecule has 2 aromatic rings. The van der Waals surface area contributed by atoms with E-state index in [1.807, 2.05) is 24.3 Å². The number of hydrogen-bond acceptors (Lipinski definition) is 4. The minimum absolute atomic E-state index is 0.0760. The first-order chi connectivity index (χ1) is 13.4. The molecule has 1 heterocycles. The van der Waals surface area contributed by atoms with Crippen molar-refractivity contribution >= 4 is 45.0 Å². The number of methoxy groups -OCH3 is 1. The zero-order valence-electron chi connectivity index (χ0n) is 15.2. The highest BCUT2D eigenvalue weighted by Crippen LogP contribution is 2.39. The van der Waals surface area contributed by atoms with Gasteiger partial charge in [-0.15, -0.1) is 0 Å². The standard InChI is InChI=1S/C21H19BrClNO4/c1-28-12-2-11-24-18(13-3-7-15(22)8-4-13)17(20(26)21(24)27)19(25)14-5-9-16(23)10-6-14/h3-10,18,25H,2,11-12H2,1H3/b19-17+/t18-/m1/s1. The molecule has 0 unspecified atom stereocenters. The van der Waals surface area contributed by atoms with Crippen LogP contribution in [0.3, 0.4) is 0 Å². The van der Waals surface area contributed by atoms with E-state index in [1.54, 1.807) is 31.4 Å². The summed E-state index contributed by atoms with van der Waals surface area (Å²) in [5, 5.41) is 11.4. The zero-order valence-corrected chi connectivity index (χ0v) is 17.5. The molecule has 146 valence electrons. The van der Waals surface area contributed by atoms with E-state index >= 15 is 0 Å². The fourth-order valence-electron chi connectivity index (χ4n) is 3.24. The van der Waals surface area contributed by atoms with Gasteiger partial charge in [-0.1, -0.05) is 39.7 Å². The highest BCUT2D eigenvalue weighted by Gasteiger charge is 2.45. The molecule has 0 spiro atoms. The molecule has 5 nitrogen and oxygen atoms in total. The van der Waals surface area contributed by atoms with Crippen molar-refractivity contribution in [3.63, 3.8) is 0 Å². The summed E-state index contributed by atoms with van der Waals surface area (Å²) in [4.78, 5) is 27.0. The Balaban J connectivity index is 2.10. The Morgan fingerprint density at radius 3 is 2.39 bits per heavy atom. The number of aliphatic hydroxyl groups excluding tert-OH is 1. The molecule has 0 saturated carbocycles. The maximum atomic E-state index is 12.8. The molecule has 2 aromatic carbocycles. The second-order valence-corrected chi connectivity index (χ2v) is 7.75. The van der Waals surface area contributed by atoms with E-state index in [2.05, 4.69) is 15.9 Å². The first-order valence-electron chi connectivity index (χ1n) is 8.72. The second-order valence-electron chi connectivity index (χ2n) is 6.40. The van der Waals surface area contributed by atoms with Gasteiger partial charge in [0, 0.05) is 35.3 Å². The molecule has 1 amide bonds. The summed E-state index contributed by atoms with van der Waals surface area (Å²) in [7, 11) is 1.58. The number of benzene rings is 2. The Kier molecular flexibility index (Phi) is 6.54. The molecule has 28 heavy (non-hydrogen) atoms. The van der Waals surface area contributed by atoms with Gasteiger partial charge < -0.3 is 14.7 Å². The monoisotopic (exact) mass is 463 g/mol. The zero-order chi connectivity index (χ0) is 20.3. The van der Waals surface area contributed by atoms with Gasteiger partial charge in [0.05, 0.1) is 11.6 Å². The second kappa shape index (κ2) is 8.90. The molecule has 1 aliphatic rings. The minimum Gasteiger partial charge on any atom is -0.507 e. The fourth-order valence-corrected chi connectivity index (χ4v) is 3.64. The lowest BCUT2D eigenvalue weighted by atomic mass is 9.95. The Hall–Kier alpha value is -2.15. The van der Waals surface area contributed by atoms with Gasteiger partial charge in [0.2, 0.25) is 0 Å². The predicted molar refractivity (Wildman–Crippen MR) is 111 cm³/mol. The van der Waals surface area contributed by atoms with Crippen LogP contribution in [0.4, 0.5) is 0 Å². The Morgan fingerprint density at radius 1 is 1.14 bits per heavy atom. The van der Waals surface area contributed by atoms with E-state index in [-0.39, 0.29) is 11.3 Å². The van der Waals surface area contributed by atoms with Crippen molar-refractivity contribution in [1.29, 1.82) is 0 Å². The van der Waals surface area contributed by atoms with Gasteiger partial charge >= 0.3 is 0 Å². The predicted octanol–water partition coefficient (Wildman–Crippen LogP) is 4.56. The lowest BCUT2D eigenvalue weighted by Crippen LogP contribution is -2.31. The first-order valence-corrected chi connectivity index (χ1v) is 9.90. The van der Waals surface area contributed by atoms with Crippen LogP contribution in [0.5, 0.6) is 0 Å². The smallest absolute Gasteiger partial charge is 0.295 e. The molecule has 7 heteroatoms. The molecule has 1 saturated heterocycles. The third kappa shape index (κ3) is 4.14. The van der Waals surface area contributed by atoms with Crippen molar-refractivity contribution in [2.45, 2.75) is 12.5 Å². The molecule has 0 radical (unpaired) electrons. The number of nitrogens with zero attached hydrogens (tertiary/aromatic N) is 1. The summed E-state index contributed by atoms with van der Waals surface area (Å²) >= 11 is 9.31. The average molecular weight is 465 g/mol. The van der Waals surface area contributed by atoms with E-state index in [4.69, 9.17) is 16.3 Å². The van der Waals surface area contributed by atoms with Crippen LogP contribution < -0.4 is 0 Å². The van der Waals surface area contributed by atoms with Crippen molar-refractivity contribution in [3.8, 4) is 0 Å². The molecule has 0 aromatic heterocycles. The summed E-state index contributed by atoms with van der Waals surface area (Å²) < 4.78 is 5.95. The summed E-state index contributed by atoms with van der Waals surface area (Å²) in [6.07, 6.45) is 0.581. The van der Waals surface area contributed by atoms with Crippen molar-refractivity contribution in [3.05, 3.63) is 74.7 Å². The number of hydrogen-bond donors (Lipinski definition) is 1. The van der Waals surface area contributed by atoms with Crippen LogP contribution in [-0.2, 0) is 14.3 Å². The molecule has 0 aliphatic carbocycles. The molecule has 1 N–H and O–H groups in total. The highest BCUT2D eigenvalue weighted by atomic mass is 79.9. The van der Waals surface area contributed by atoms with Gasteiger partial charge in [-0.25, -0.2) is 0 Å². The third-order valence-electron chi connectivity index (χ3n) is 4.59. The van der Waals surface area contributed by atoms with Crippen LogP contribution in [-0.4, -0.2) is 42.0 Å². The fraction of sp³-hybridized carbons (Fsp3) is 0.238.